The summed E-state index contributed by atoms with van der Waals surface area (Å²) in [5.41, 5.74) is 0.488. The van der Waals surface area contributed by atoms with Gasteiger partial charge in [-0.05, 0) is 50.1 Å². The molecular formula is C16H17NO4S. The Morgan fingerprint density at radius 1 is 1.09 bits per heavy atom. The standard InChI is InChI=1S/C16H17NO4S/c1-16(2,9-10-3-5-11(18)6-4-10)17-14(19)12-7-8-13(22-12)15(20)21/h3-8,18H,9H2,1-2H3,(H,17,19)(H,20,21). The number of carboxylic acid groups (broad SMARTS) is 1. The first kappa shape index (κ1) is 16.0. The lowest BCUT2D eigenvalue weighted by molar-refractivity contribution is 0.0702. The zero-order chi connectivity index (χ0) is 16.3. The Bertz CT molecular complexity index is 688. The normalized spacial score (nSPS) is 11.2. The van der Waals surface area contributed by atoms with Crippen LogP contribution < -0.4 is 5.32 Å². The van der Waals surface area contributed by atoms with Crippen LogP contribution in [-0.2, 0) is 6.42 Å². The number of aromatic hydroxyl groups is 1. The maximum absolute atomic E-state index is 12.2. The van der Waals surface area contributed by atoms with Crippen molar-refractivity contribution in [3.05, 3.63) is 51.7 Å². The van der Waals surface area contributed by atoms with Crippen LogP contribution >= 0.6 is 11.3 Å². The second-order valence-electron chi connectivity index (χ2n) is 5.65. The molecule has 0 radical (unpaired) electrons. The number of benzene rings is 1. The molecule has 0 unspecified atom stereocenters. The highest BCUT2D eigenvalue weighted by molar-refractivity contribution is 7.15. The van der Waals surface area contributed by atoms with E-state index in [4.69, 9.17) is 5.11 Å². The summed E-state index contributed by atoms with van der Waals surface area (Å²) in [4.78, 5) is 23.6. The largest absolute Gasteiger partial charge is 0.508 e. The number of hydrogen-bond acceptors (Lipinski definition) is 4. The minimum absolute atomic E-state index is 0.140. The summed E-state index contributed by atoms with van der Waals surface area (Å²) in [6.07, 6.45) is 0.593. The van der Waals surface area contributed by atoms with Gasteiger partial charge in [0.05, 0.1) is 4.88 Å². The maximum atomic E-state index is 12.2. The van der Waals surface area contributed by atoms with Crippen molar-refractivity contribution in [3.63, 3.8) is 0 Å². The van der Waals surface area contributed by atoms with Crippen LogP contribution in [-0.4, -0.2) is 27.6 Å². The van der Waals surface area contributed by atoms with E-state index < -0.39 is 11.5 Å². The molecule has 0 aliphatic carbocycles. The van der Waals surface area contributed by atoms with E-state index in [0.29, 0.717) is 11.3 Å². The number of carbonyl (C=O) groups is 2. The molecule has 116 valence electrons. The Hall–Kier alpha value is -2.34. The molecule has 1 aromatic carbocycles. The van der Waals surface area contributed by atoms with Crippen molar-refractivity contribution in [3.8, 4) is 5.75 Å². The fourth-order valence-corrected chi connectivity index (χ4v) is 2.85. The van der Waals surface area contributed by atoms with Crippen molar-refractivity contribution in [2.24, 2.45) is 0 Å². The third-order valence-electron chi connectivity index (χ3n) is 3.07. The number of hydrogen-bond donors (Lipinski definition) is 3. The molecule has 1 heterocycles. The molecule has 2 aromatic rings. The molecule has 0 aliphatic heterocycles. The minimum atomic E-state index is -1.03. The van der Waals surface area contributed by atoms with Gasteiger partial charge in [0, 0.05) is 5.54 Å². The maximum Gasteiger partial charge on any atom is 0.345 e. The van der Waals surface area contributed by atoms with Gasteiger partial charge in [-0.3, -0.25) is 4.79 Å². The topological polar surface area (TPSA) is 86.6 Å². The fraction of sp³-hybridized carbons (Fsp3) is 0.250. The quantitative estimate of drug-likeness (QED) is 0.791. The first-order valence-corrected chi connectivity index (χ1v) is 7.52. The van der Waals surface area contributed by atoms with E-state index in [0.717, 1.165) is 16.9 Å². The lowest BCUT2D eigenvalue weighted by Crippen LogP contribution is -2.44. The van der Waals surface area contributed by atoms with Crippen molar-refractivity contribution in [2.45, 2.75) is 25.8 Å². The third kappa shape index (κ3) is 4.08. The van der Waals surface area contributed by atoms with Crippen LogP contribution in [0.4, 0.5) is 0 Å². The van der Waals surface area contributed by atoms with E-state index in [-0.39, 0.29) is 16.5 Å². The number of phenols is 1. The summed E-state index contributed by atoms with van der Waals surface area (Å²) in [7, 11) is 0. The molecule has 0 aliphatic rings. The van der Waals surface area contributed by atoms with E-state index in [1.54, 1.807) is 24.3 Å². The van der Waals surface area contributed by atoms with Gasteiger partial charge in [0.2, 0.25) is 0 Å². The Kier molecular flexibility index (Phi) is 4.51. The molecule has 0 fully saturated rings. The second-order valence-corrected chi connectivity index (χ2v) is 6.73. The monoisotopic (exact) mass is 319 g/mol. The number of thiophene rings is 1. The summed E-state index contributed by atoms with van der Waals surface area (Å²) in [6, 6.07) is 9.75. The summed E-state index contributed by atoms with van der Waals surface area (Å²) >= 11 is 0.953. The summed E-state index contributed by atoms with van der Waals surface area (Å²) < 4.78 is 0. The zero-order valence-corrected chi connectivity index (χ0v) is 13.1. The molecule has 0 bridgehead atoms. The molecule has 3 N–H and O–H groups in total. The van der Waals surface area contributed by atoms with Gasteiger partial charge in [0.25, 0.3) is 5.91 Å². The second kappa shape index (κ2) is 6.19. The fourth-order valence-electron chi connectivity index (χ4n) is 2.11. The molecule has 0 atom stereocenters. The molecule has 0 saturated heterocycles. The minimum Gasteiger partial charge on any atom is -0.508 e. The van der Waals surface area contributed by atoms with Gasteiger partial charge in [0.15, 0.2) is 0 Å². The van der Waals surface area contributed by atoms with Gasteiger partial charge in [-0.1, -0.05) is 12.1 Å². The van der Waals surface area contributed by atoms with Crippen LogP contribution in [0, 0.1) is 0 Å². The highest BCUT2D eigenvalue weighted by Crippen LogP contribution is 2.20. The molecular weight excluding hydrogens is 302 g/mol. The first-order chi connectivity index (χ1) is 10.3. The van der Waals surface area contributed by atoms with Gasteiger partial charge in [-0.25, -0.2) is 4.79 Å². The summed E-state index contributed by atoms with van der Waals surface area (Å²) in [5.74, 6) is -1.13. The van der Waals surface area contributed by atoms with Crippen LogP contribution in [0.25, 0.3) is 0 Å². The van der Waals surface area contributed by atoms with Gasteiger partial charge in [0.1, 0.15) is 10.6 Å². The molecule has 2 rings (SSSR count). The van der Waals surface area contributed by atoms with Crippen molar-refractivity contribution >= 4 is 23.2 Å². The van der Waals surface area contributed by atoms with Crippen LogP contribution in [0.3, 0.4) is 0 Å². The number of phenolic OH excluding ortho intramolecular Hbond substituents is 1. The zero-order valence-electron chi connectivity index (χ0n) is 12.3. The smallest absolute Gasteiger partial charge is 0.345 e. The predicted octanol–water partition coefficient (Wildman–Crippen LogP) is 2.90. The number of aromatic carboxylic acids is 1. The van der Waals surface area contributed by atoms with E-state index in [1.807, 2.05) is 13.8 Å². The molecule has 0 saturated carbocycles. The average Bonchev–Trinajstić information content (AvgIpc) is 2.90. The number of rotatable bonds is 5. The lowest BCUT2D eigenvalue weighted by atomic mass is 9.95. The van der Waals surface area contributed by atoms with Crippen molar-refractivity contribution in [1.29, 1.82) is 0 Å². The highest BCUT2D eigenvalue weighted by Gasteiger charge is 2.23. The first-order valence-electron chi connectivity index (χ1n) is 6.70. The van der Waals surface area contributed by atoms with E-state index in [9.17, 15) is 14.7 Å². The van der Waals surface area contributed by atoms with Crippen LogP contribution in [0.15, 0.2) is 36.4 Å². The summed E-state index contributed by atoms with van der Waals surface area (Å²) in [5, 5.41) is 21.1. The average molecular weight is 319 g/mol. The number of carboxylic acids is 1. The molecule has 22 heavy (non-hydrogen) atoms. The van der Waals surface area contributed by atoms with Crippen LogP contribution in [0.5, 0.6) is 5.75 Å². The predicted molar refractivity (Wildman–Crippen MR) is 84.6 cm³/mol. The molecule has 1 amide bonds. The van der Waals surface area contributed by atoms with Gasteiger partial charge < -0.3 is 15.5 Å². The number of amides is 1. The van der Waals surface area contributed by atoms with Crippen molar-refractivity contribution in [1.82, 2.24) is 5.32 Å². The summed E-state index contributed by atoms with van der Waals surface area (Å²) in [6.45, 7) is 3.78. The number of nitrogens with one attached hydrogen (secondary N) is 1. The van der Waals surface area contributed by atoms with Gasteiger partial charge >= 0.3 is 5.97 Å². The third-order valence-corrected chi connectivity index (χ3v) is 4.15. The SMILES string of the molecule is CC(C)(Cc1ccc(O)cc1)NC(=O)c1ccc(C(=O)O)s1. The lowest BCUT2D eigenvalue weighted by Gasteiger charge is -2.26. The number of carbonyl (C=O) groups excluding carboxylic acids is 1. The van der Waals surface area contributed by atoms with Crippen LogP contribution in [0.1, 0.15) is 38.8 Å². The Balaban J connectivity index is 2.05. The molecule has 5 nitrogen and oxygen atoms in total. The highest BCUT2D eigenvalue weighted by atomic mass is 32.1. The Morgan fingerprint density at radius 2 is 1.68 bits per heavy atom. The van der Waals surface area contributed by atoms with Crippen molar-refractivity contribution < 1.29 is 19.8 Å². The van der Waals surface area contributed by atoms with E-state index in [1.165, 1.54) is 12.1 Å². The molecule has 6 heteroatoms. The van der Waals surface area contributed by atoms with Gasteiger partial charge in [-0.2, -0.15) is 0 Å². The van der Waals surface area contributed by atoms with E-state index >= 15 is 0 Å². The molecule has 1 aromatic heterocycles. The Morgan fingerprint density at radius 3 is 2.23 bits per heavy atom. The van der Waals surface area contributed by atoms with Crippen LogP contribution in [0.2, 0.25) is 0 Å². The van der Waals surface area contributed by atoms with Crippen molar-refractivity contribution in [2.75, 3.05) is 0 Å². The Labute approximate surface area is 132 Å². The van der Waals surface area contributed by atoms with E-state index in [2.05, 4.69) is 5.32 Å². The molecule has 0 spiro atoms. The van der Waals surface area contributed by atoms with Gasteiger partial charge in [-0.15, -0.1) is 11.3 Å².